The summed E-state index contributed by atoms with van der Waals surface area (Å²) in [6, 6.07) is 6.98. The Balaban J connectivity index is 1.84. The Morgan fingerprint density at radius 3 is 2.70 bits per heavy atom. The molecule has 1 unspecified atom stereocenters. The first-order valence-electron chi connectivity index (χ1n) is 9.50. The van der Waals surface area contributed by atoms with E-state index in [-0.39, 0.29) is 12.5 Å². The summed E-state index contributed by atoms with van der Waals surface area (Å²) < 4.78 is 29.5. The Bertz CT molecular complexity index is 885. The predicted octanol–water partition coefficient (Wildman–Crippen LogP) is 1.78. The van der Waals surface area contributed by atoms with Crippen LogP contribution in [0.4, 0.5) is 0 Å². The van der Waals surface area contributed by atoms with Crippen LogP contribution in [0.1, 0.15) is 32.3 Å². The lowest BCUT2D eigenvalue weighted by Gasteiger charge is -2.33. The molecule has 0 spiro atoms. The van der Waals surface area contributed by atoms with Crippen LogP contribution in [0.3, 0.4) is 0 Å². The number of aromatic nitrogens is 1. The fraction of sp³-hybridized carbons (Fsp3) is 0.526. The minimum absolute atomic E-state index is 0.159. The molecular weight excluding hydrogens is 364 g/mol. The van der Waals surface area contributed by atoms with Crippen molar-refractivity contribution in [3.63, 3.8) is 0 Å². The lowest BCUT2D eigenvalue weighted by molar-refractivity contribution is -0.134. The number of piperidine rings is 1. The van der Waals surface area contributed by atoms with E-state index < -0.39 is 16.3 Å². The van der Waals surface area contributed by atoms with Crippen molar-refractivity contribution < 1.29 is 13.2 Å². The number of hydrogen-bond acceptors (Lipinski definition) is 3. The van der Waals surface area contributed by atoms with Gasteiger partial charge >= 0.3 is 0 Å². The van der Waals surface area contributed by atoms with E-state index in [9.17, 15) is 13.2 Å². The summed E-state index contributed by atoms with van der Waals surface area (Å²) in [6.07, 6.45) is 4.06. The van der Waals surface area contributed by atoms with Crippen LogP contribution in [0, 0.1) is 5.92 Å². The molecule has 8 heteroatoms. The van der Waals surface area contributed by atoms with Gasteiger partial charge in [-0.15, -0.1) is 0 Å². The van der Waals surface area contributed by atoms with Crippen molar-refractivity contribution in [3.8, 4) is 0 Å². The second-order valence-corrected chi connectivity index (χ2v) is 8.77. The number of aromatic amines is 1. The van der Waals surface area contributed by atoms with Crippen molar-refractivity contribution in [2.24, 2.45) is 5.92 Å². The highest BCUT2D eigenvalue weighted by atomic mass is 32.2. The smallest absolute Gasteiger partial charge is 0.277 e. The molecule has 1 fully saturated rings. The van der Waals surface area contributed by atoms with Crippen molar-refractivity contribution in [1.29, 1.82) is 0 Å². The van der Waals surface area contributed by atoms with Crippen molar-refractivity contribution in [1.82, 2.24) is 19.3 Å². The quantitative estimate of drug-likeness (QED) is 0.670. The summed E-state index contributed by atoms with van der Waals surface area (Å²) in [5.41, 5.74) is 1.90. The van der Waals surface area contributed by atoms with Gasteiger partial charge in [0.05, 0.1) is 0 Å². The molecule has 1 aromatic carbocycles. The monoisotopic (exact) mass is 392 g/mol. The third-order valence-electron chi connectivity index (χ3n) is 5.12. The van der Waals surface area contributed by atoms with Gasteiger partial charge in [-0.05, 0) is 36.8 Å². The van der Waals surface area contributed by atoms with Crippen molar-refractivity contribution in [3.05, 3.63) is 36.0 Å². The third-order valence-corrected chi connectivity index (χ3v) is 6.39. The summed E-state index contributed by atoms with van der Waals surface area (Å²) in [5, 5.41) is 1.00. The van der Waals surface area contributed by atoms with Gasteiger partial charge in [-0.3, -0.25) is 4.79 Å². The van der Waals surface area contributed by atoms with E-state index in [2.05, 4.69) is 21.4 Å². The zero-order valence-electron chi connectivity index (χ0n) is 15.9. The fourth-order valence-corrected chi connectivity index (χ4v) is 4.59. The third kappa shape index (κ3) is 4.88. The number of nitrogens with zero attached hydrogens (tertiary/aromatic N) is 1. The molecule has 3 N–H and O–H groups in total. The number of likely N-dealkylation sites (tertiary alicyclic amines) is 1. The normalized spacial score (nSPS) is 17.3. The summed E-state index contributed by atoms with van der Waals surface area (Å²) in [6.45, 7) is 5.51. The van der Waals surface area contributed by atoms with Crippen LogP contribution < -0.4 is 9.44 Å². The van der Waals surface area contributed by atoms with Gasteiger partial charge in [0.2, 0.25) is 5.91 Å². The van der Waals surface area contributed by atoms with Crippen LogP contribution >= 0.6 is 0 Å². The van der Waals surface area contributed by atoms with E-state index in [0.717, 1.165) is 29.3 Å². The number of hydrogen-bond donors (Lipinski definition) is 3. The highest BCUT2D eigenvalue weighted by molar-refractivity contribution is 7.87. The van der Waals surface area contributed by atoms with Crippen LogP contribution in [-0.2, 0) is 21.4 Å². The molecule has 0 bridgehead atoms. The first kappa shape index (κ1) is 19.9. The van der Waals surface area contributed by atoms with Crippen molar-refractivity contribution >= 4 is 27.0 Å². The maximum atomic E-state index is 13.1. The molecule has 1 aliphatic rings. The van der Waals surface area contributed by atoms with Crippen LogP contribution in [0.2, 0.25) is 0 Å². The fourth-order valence-electron chi connectivity index (χ4n) is 3.57. The minimum atomic E-state index is -3.74. The number of carbonyl (C=O) groups excluding carboxylic acids is 1. The molecule has 27 heavy (non-hydrogen) atoms. The molecule has 3 rings (SSSR count). The molecular formula is C19H28N4O3S. The predicted molar refractivity (Wildman–Crippen MR) is 107 cm³/mol. The molecule has 0 radical (unpaired) electrons. The molecule has 1 amide bonds. The van der Waals surface area contributed by atoms with Gasteiger partial charge in [0, 0.05) is 36.7 Å². The largest absolute Gasteiger partial charge is 0.361 e. The van der Waals surface area contributed by atoms with E-state index >= 15 is 0 Å². The number of benzene rings is 1. The number of para-hydroxylation sites is 1. The van der Waals surface area contributed by atoms with E-state index in [1.165, 1.54) is 0 Å². The molecule has 148 valence electrons. The first-order valence-corrected chi connectivity index (χ1v) is 11.0. The van der Waals surface area contributed by atoms with Gasteiger partial charge in [-0.25, -0.2) is 4.72 Å². The number of H-pyrrole nitrogens is 1. The first-order chi connectivity index (χ1) is 12.9. The maximum absolute atomic E-state index is 13.1. The van der Waals surface area contributed by atoms with Crippen LogP contribution in [0.15, 0.2) is 30.5 Å². The van der Waals surface area contributed by atoms with Gasteiger partial charge in [0.15, 0.2) is 0 Å². The Hall–Kier alpha value is -1.90. The second-order valence-electron chi connectivity index (χ2n) is 7.24. The highest BCUT2D eigenvalue weighted by Gasteiger charge is 2.30. The average Bonchev–Trinajstić information content (AvgIpc) is 3.04. The maximum Gasteiger partial charge on any atom is 0.277 e. The highest BCUT2D eigenvalue weighted by Crippen LogP contribution is 2.21. The molecule has 7 nitrogen and oxygen atoms in total. The van der Waals surface area contributed by atoms with E-state index in [0.29, 0.717) is 25.4 Å². The molecule has 1 aromatic heterocycles. The lowest BCUT2D eigenvalue weighted by atomic mass is 9.98. The number of amides is 1. The summed E-state index contributed by atoms with van der Waals surface area (Å²) in [4.78, 5) is 18.1. The summed E-state index contributed by atoms with van der Waals surface area (Å²) in [7, 11) is -3.74. The number of carbonyl (C=O) groups is 1. The Labute approximate surface area is 160 Å². The van der Waals surface area contributed by atoms with Gasteiger partial charge in [0.25, 0.3) is 10.2 Å². The molecule has 1 aliphatic heterocycles. The van der Waals surface area contributed by atoms with Crippen LogP contribution in [0.5, 0.6) is 0 Å². The van der Waals surface area contributed by atoms with Gasteiger partial charge in [0.1, 0.15) is 6.04 Å². The number of rotatable bonds is 7. The van der Waals surface area contributed by atoms with Gasteiger partial charge in [-0.2, -0.15) is 13.1 Å². The molecule has 1 saturated heterocycles. The van der Waals surface area contributed by atoms with Crippen molar-refractivity contribution in [2.45, 2.75) is 39.2 Å². The molecule has 0 saturated carbocycles. The van der Waals surface area contributed by atoms with Crippen LogP contribution in [-0.4, -0.2) is 49.9 Å². The van der Waals surface area contributed by atoms with E-state index in [1.54, 1.807) is 11.8 Å². The van der Waals surface area contributed by atoms with Crippen molar-refractivity contribution in [2.75, 3.05) is 19.6 Å². The summed E-state index contributed by atoms with van der Waals surface area (Å²) >= 11 is 0. The standard InChI is InChI=1S/C19H28N4O3S/c1-3-21-27(25,26)22-18(19(24)23-10-8-14(2)9-11-23)12-15-13-20-17-7-5-4-6-16(15)17/h4-7,13-14,18,20-22H,3,8-12H2,1-2H3. The molecule has 1 atom stereocenters. The Kier molecular flexibility index (Phi) is 6.18. The van der Waals surface area contributed by atoms with E-state index in [4.69, 9.17) is 0 Å². The molecule has 2 heterocycles. The molecule has 0 aliphatic carbocycles. The second kappa shape index (κ2) is 8.41. The average molecular weight is 393 g/mol. The number of nitrogens with one attached hydrogen (secondary N) is 3. The van der Waals surface area contributed by atoms with E-state index in [1.807, 2.05) is 30.5 Å². The zero-order valence-corrected chi connectivity index (χ0v) is 16.7. The lowest BCUT2D eigenvalue weighted by Crippen LogP contribution is -2.53. The SMILES string of the molecule is CCNS(=O)(=O)NC(Cc1c[nH]c2ccccc12)C(=O)N1CCC(C)CC1. The van der Waals surface area contributed by atoms with Gasteiger partial charge < -0.3 is 9.88 Å². The van der Waals surface area contributed by atoms with Gasteiger partial charge in [-0.1, -0.05) is 32.0 Å². The Morgan fingerprint density at radius 2 is 2.00 bits per heavy atom. The Morgan fingerprint density at radius 1 is 1.30 bits per heavy atom. The summed E-state index contributed by atoms with van der Waals surface area (Å²) in [5.74, 6) is 0.438. The van der Waals surface area contributed by atoms with Crippen LogP contribution in [0.25, 0.3) is 10.9 Å². The topological polar surface area (TPSA) is 94.3 Å². The minimum Gasteiger partial charge on any atom is -0.361 e. The molecule has 2 aromatic rings. The number of fused-ring (bicyclic) bond motifs is 1. The zero-order chi connectivity index (χ0) is 19.4.